The zero-order valence-electron chi connectivity index (χ0n) is 16.8. The molecule has 1 aliphatic heterocycles. The number of nitrogens with two attached hydrogens (primary N) is 1. The molecule has 0 aromatic heterocycles. The Hall–Kier alpha value is -2.70. The fourth-order valence-corrected chi connectivity index (χ4v) is 3.41. The molecule has 2 aromatic carbocycles. The molecule has 4 N–H and O–H groups in total. The van der Waals surface area contributed by atoms with Crippen molar-refractivity contribution in [2.75, 3.05) is 13.2 Å². The van der Waals surface area contributed by atoms with Crippen molar-refractivity contribution in [3.8, 4) is 0 Å². The SMILES string of the molecule is CC(C(=O)NCc1cccc(C(=O)NCC2CCCO2)c1)C(N)c1ccccc1. The molecule has 154 valence electrons. The summed E-state index contributed by atoms with van der Waals surface area (Å²) in [5, 5.41) is 5.84. The Balaban J connectivity index is 1.51. The van der Waals surface area contributed by atoms with Gasteiger partial charge < -0.3 is 21.1 Å². The second kappa shape index (κ2) is 10.2. The Morgan fingerprint density at radius 1 is 1.14 bits per heavy atom. The fraction of sp³-hybridized carbons (Fsp3) is 0.391. The number of nitrogens with one attached hydrogen (secondary N) is 2. The number of benzene rings is 2. The molecule has 0 spiro atoms. The van der Waals surface area contributed by atoms with Crippen LogP contribution < -0.4 is 16.4 Å². The van der Waals surface area contributed by atoms with Gasteiger partial charge in [-0.25, -0.2) is 0 Å². The molecular weight excluding hydrogens is 366 g/mol. The van der Waals surface area contributed by atoms with Crippen molar-refractivity contribution in [1.29, 1.82) is 0 Å². The first-order valence-corrected chi connectivity index (χ1v) is 10.1. The zero-order valence-corrected chi connectivity index (χ0v) is 16.8. The average molecular weight is 396 g/mol. The molecule has 2 amide bonds. The highest BCUT2D eigenvalue weighted by Gasteiger charge is 2.22. The van der Waals surface area contributed by atoms with Crippen LogP contribution in [0.2, 0.25) is 0 Å². The molecule has 1 saturated heterocycles. The summed E-state index contributed by atoms with van der Waals surface area (Å²) in [7, 11) is 0. The molecule has 0 radical (unpaired) electrons. The summed E-state index contributed by atoms with van der Waals surface area (Å²) in [4.78, 5) is 24.9. The highest BCUT2D eigenvalue weighted by Crippen LogP contribution is 2.19. The predicted octanol–water partition coefficient (Wildman–Crippen LogP) is 2.55. The van der Waals surface area contributed by atoms with Gasteiger partial charge in [0.25, 0.3) is 5.91 Å². The molecule has 1 fully saturated rings. The highest BCUT2D eigenvalue weighted by atomic mass is 16.5. The molecule has 1 aliphatic rings. The van der Waals surface area contributed by atoms with Gasteiger partial charge >= 0.3 is 0 Å². The van der Waals surface area contributed by atoms with E-state index in [4.69, 9.17) is 10.5 Å². The van der Waals surface area contributed by atoms with Crippen LogP contribution in [0.15, 0.2) is 54.6 Å². The lowest BCUT2D eigenvalue weighted by atomic mass is 9.94. The number of carbonyl (C=O) groups is 2. The summed E-state index contributed by atoms with van der Waals surface area (Å²) in [5.74, 6) is -0.613. The van der Waals surface area contributed by atoms with E-state index in [1.165, 1.54) is 0 Å². The van der Waals surface area contributed by atoms with Crippen molar-refractivity contribution in [3.63, 3.8) is 0 Å². The minimum atomic E-state index is -0.369. The number of carbonyl (C=O) groups excluding carboxylic acids is 2. The van der Waals surface area contributed by atoms with Crippen LogP contribution >= 0.6 is 0 Å². The van der Waals surface area contributed by atoms with Crippen LogP contribution in [0.25, 0.3) is 0 Å². The molecule has 29 heavy (non-hydrogen) atoms. The lowest BCUT2D eigenvalue weighted by Crippen LogP contribution is -2.35. The second-order valence-corrected chi connectivity index (χ2v) is 7.49. The number of rotatable bonds is 8. The molecule has 6 heteroatoms. The lowest BCUT2D eigenvalue weighted by molar-refractivity contribution is -0.125. The number of amides is 2. The van der Waals surface area contributed by atoms with Gasteiger partial charge in [-0.05, 0) is 36.1 Å². The first-order valence-electron chi connectivity index (χ1n) is 10.1. The van der Waals surface area contributed by atoms with Gasteiger partial charge in [0.15, 0.2) is 0 Å². The van der Waals surface area contributed by atoms with Gasteiger partial charge in [-0.3, -0.25) is 9.59 Å². The standard InChI is InChI=1S/C23H29N3O3/c1-16(21(24)18-8-3-2-4-9-18)22(27)25-14-17-7-5-10-19(13-17)23(28)26-15-20-11-6-12-29-20/h2-5,7-10,13,16,20-21H,6,11-12,14-15,24H2,1H3,(H,25,27)(H,26,28). The van der Waals surface area contributed by atoms with E-state index in [2.05, 4.69) is 10.6 Å². The molecule has 0 bridgehead atoms. The Morgan fingerprint density at radius 3 is 2.66 bits per heavy atom. The summed E-state index contributed by atoms with van der Waals surface area (Å²) in [6.45, 7) is 3.45. The van der Waals surface area contributed by atoms with Gasteiger partial charge in [0.05, 0.1) is 12.0 Å². The average Bonchev–Trinajstić information content (AvgIpc) is 3.29. The maximum absolute atomic E-state index is 12.5. The minimum absolute atomic E-state index is 0.108. The second-order valence-electron chi connectivity index (χ2n) is 7.49. The number of ether oxygens (including phenoxy) is 1. The van der Waals surface area contributed by atoms with E-state index in [1.807, 2.05) is 49.4 Å². The summed E-state index contributed by atoms with van der Waals surface area (Å²) in [5.41, 5.74) is 8.60. The van der Waals surface area contributed by atoms with Crippen molar-refractivity contribution in [2.45, 2.75) is 38.5 Å². The van der Waals surface area contributed by atoms with Crippen LogP contribution in [0.1, 0.15) is 47.3 Å². The first kappa shape index (κ1) is 21.0. The van der Waals surface area contributed by atoms with Gasteiger partial charge in [-0.1, -0.05) is 49.4 Å². The number of hydrogen-bond acceptors (Lipinski definition) is 4. The van der Waals surface area contributed by atoms with Crippen molar-refractivity contribution < 1.29 is 14.3 Å². The third kappa shape index (κ3) is 5.89. The Morgan fingerprint density at radius 2 is 1.93 bits per heavy atom. The van der Waals surface area contributed by atoms with Gasteiger partial charge in [0.1, 0.15) is 0 Å². The minimum Gasteiger partial charge on any atom is -0.376 e. The third-order valence-corrected chi connectivity index (χ3v) is 5.31. The molecule has 0 saturated carbocycles. The largest absolute Gasteiger partial charge is 0.376 e. The van der Waals surface area contributed by atoms with Crippen molar-refractivity contribution in [2.24, 2.45) is 11.7 Å². The molecule has 0 aliphatic carbocycles. The van der Waals surface area contributed by atoms with Crippen molar-refractivity contribution in [1.82, 2.24) is 10.6 Å². The monoisotopic (exact) mass is 395 g/mol. The van der Waals surface area contributed by atoms with Crippen LogP contribution in [-0.2, 0) is 16.1 Å². The van der Waals surface area contributed by atoms with Crippen LogP contribution in [0, 0.1) is 5.92 Å². The molecule has 1 heterocycles. The van der Waals surface area contributed by atoms with E-state index in [0.29, 0.717) is 18.7 Å². The quantitative estimate of drug-likeness (QED) is 0.640. The van der Waals surface area contributed by atoms with Gasteiger partial charge in [-0.2, -0.15) is 0 Å². The van der Waals surface area contributed by atoms with E-state index in [0.717, 1.165) is 30.6 Å². The summed E-state index contributed by atoms with van der Waals surface area (Å²) in [6, 6.07) is 16.5. The van der Waals surface area contributed by atoms with Crippen LogP contribution in [0.5, 0.6) is 0 Å². The lowest BCUT2D eigenvalue weighted by Gasteiger charge is -2.20. The fourth-order valence-electron chi connectivity index (χ4n) is 3.41. The highest BCUT2D eigenvalue weighted by molar-refractivity contribution is 5.94. The molecule has 3 rings (SSSR count). The van der Waals surface area contributed by atoms with Crippen molar-refractivity contribution >= 4 is 11.8 Å². The van der Waals surface area contributed by atoms with E-state index >= 15 is 0 Å². The van der Waals surface area contributed by atoms with E-state index in [1.54, 1.807) is 12.1 Å². The maximum atomic E-state index is 12.5. The van der Waals surface area contributed by atoms with Gasteiger partial charge in [0, 0.05) is 31.3 Å². The smallest absolute Gasteiger partial charge is 0.251 e. The van der Waals surface area contributed by atoms with Gasteiger partial charge in [-0.15, -0.1) is 0 Å². The van der Waals surface area contributed by atoms with Crippen LogP contribution in [-0.4, -0.2) is 31.1 Å². The Labute approximate surface area is 171 Å². The molecule has 3 unspecified atom stereocenters. The van der Waals surface area contributed by atoms with E-state index < -0.39 is 0 Å². The molecule has 3 atom stereocenters. The summed E-state index contributed by atoms with van der Waals surface area (Å²) in [6.07, 6.45) is 2.13. The third-order valence-electron chi connectivity index (χ3n) is 5.31. The molecule has 2 aromatic rings. The topological polar surface area (TPSA) is 93.5 Å². The predicted molar refractivity (Wildman–Crippen MR) is 112 cm³/mol. The van der Waals surface area contributed by atoms with E-state index in [-0.39, 0.29) is 29.9 Å². The van der Waals surface area contributed by atoms with Gasteiger partial charge in [0.2, 0.25) is 5.91 Å². The first-order chi connectivity index (χ1) is 14.0. The van der Waals surface area contributed by atoms with Crippen LogP contribution in [0.4, 0.5) is 0 Å². The van der Waals surface area contributed by atoms with E-state index in [9.17, 15) is 9.59 Å². The Bertz CT molecular complexity index is 819. The Kier molecular flexibility index (Phi) is 7.38. The molecule has 6 nitrogen and oxygen atoms in total. The van der Waals surface area contributed by atoms with Crippen LogP contribution in [0.3, 0.4) is 0 Å². The normalized spacial score (nSPS) is 18.1. The maximum Gasteiger partial charge on any atom is 0.251 e. The van der Waals surface area contributed by atoms with Crippen molar-refractivity contribution in [3.05, 3.63) is 71.3 Å². The summed E-state index contributed by atoms with van der Waals surface area (Å²) < 4.78 is 5.53. The number of hydrogen-bond donors (Lipinski definition) is 3. The molecular formula is C23H29N3O3. The summed E-state index contributed by atoms with van der Waals surface area (Å²) >= 11 is 0. The zero-order chi connectivity index (χ0) is 20.6.